The minimum absolute atomic E-state index is 0.0222. The minimum atomic E-state index is -3.77. The fourth-order valence-corrected chi connectivity index (χ4v) is 4.84. The highest BCUT2D eigenvalue weighted by atomic mass is 35.7. The Labute approximate surface area is 154 Å². The van der Waals surface area contributed by atoms with Crippen LogP contribution in [-0.2, 0) is 19.9 Å². The molecule has 0 amide bonds. The first kappa shape index (κ1) is 18.1. The van der Waals surface area contributed by atoms with Crippen LogP contribution in [0.5, 0.6) is 0 Å². The molecule has 8 heteroatoms. The lowest BCUT2D eigenvalue weighted by molar-refractivity contribution is 0.609. The number of nitrogens with zero attached hydrogens (tertiary/aromatic N) is 2. The van der Waals surface area contributed by atoms with Crippen LogP contribution in [0.15, 0.2) is 63.4 Å². The van der Waals surface area contributed by atoms with Crippen LogP contribution in [0.2, 0.25) is 0 Å². The molecule has 2 unspecified atom stereocenters. The van der Waals surface area contributed by atoms with E-state index in [9.17, 15) is 12.6 Å². The van der Waals surface area contributed by atoms with Crippen LogP contribution in [0.25, 0.3) is 0 Å². The van der Waals surface area contributed by atoms with E-state index in [2.05, 4.69) is 5.10 Å². The zero-order valence-corrected chi connectivity index (χ0v) is 16.1. The minimum Gasteiger partial charge on any atom is -0.252 e. The Morgan fingerprint density at radius 3 is 2.24 bits per heavy atom. The molecule has 3 rings (SSSR count). The van der Waals surface area contributed by atoms with Crippen molar-refractivity contribution in [2.24, 2.45) is 5.10 Å². The fraction of sp³-hybridized carbons (Fsp3) is 0.235. The van der Waals surface area contributed by atoms with Gasteiger partial charge in [0.15, 0.2) is 0 Å². The molecule has 1 aliphatic rings. The third-order valence-electron chi connectivity index (χ3n) is 3.90. The molecule has 25 heavy (non-hydrogen) atoms. The monoisotopic (exact) mass is 396 g/mol. The second-order valence-corrected chi connectivity index (χ2v) is 10.1. The number of benzene rings is 2. The van der Waals surface area contributed by atoms with Gasteiger partial charge in [0.1, 0.15) is 5.37 Å². The summed E-state index contributed by atoms with van der Waals surface area (Å²) in [5.41, 5.74) is 2.65. The molecule has 1 heterocycles. The number of aryl methyl sites for hydroxylation is 1. The Kier molecular flexibility index (Phi) is 4.99. The van der Waals surface area contributed by atoms with Gasteiger partial charge in [0.25, 0.3) is 9.05 Å². The molecular weight excluding hydrogens is 380 g/mol. The lowest BCUT2D eigenvalue weighted by atomic mass is 10.2. The topological polar surface area (TPSA) is 66.8 Å². The molecule has 0 aromatic heterocycles. The van der Waals surface area contributed by atoms with Gasteiger partial charge < -0.3 is 0 Å². The molecule has 0 fully saturated rings. The van der Waals surface area contributed by atoms with Crippen molar-refractivity contribution < 1.29 is 12.6 Å². The summed E-state index contributed by atoms with van der Waals surface area (Å²) < 4.78 is 35.7. The summed E-state index contributed by atoms with van der Waals surface area (Å²) in [6.45, 7) is 3.87. The smallest absolute Gasteiger partial charge is 0.252 e. The predicted octanol–water partition coefficient (Wildman–Crippen LogP) is 3.64. The van der Waals surface area contributed by atoms with E-state index < -0.39 is 19.9 Å². The number of hydrazone groups is 1. The highest BCUT2D eigenvalue weighted by Crippen LogP contribution is 2.30. The fourth-order valence-electron chi connectivity index (χ4n) is 2.61. The first-order valence-corrected chi connectivity index (χ1v) is 11.1. The number of hydrogen-bond acceptors (Lipinski definition) is 5. The third kappa shape index (κ3) is 3.94. The van der Waals surface area contributed by atoms with E-state index in [4.69, 9.17) is 10.7 Å². The SMILES string of the molecule is CC1=NN(c2ccc(S(=O)(=O)Cl)cc2)C(S(=O)c2ccc(C)cc2)C1. The summed E-state index contributed by atoms with van der Waals surface area (Å²) >= 11 is 0. The standard InChI is InChI=1S/C17H17ClN2O3S2/c1-12-3-7-15(8-4-12)24(21)17-11-13(2)19-20(17)14-5-9-16(10-6-14)25(18,22)23/h3-10,17H,11H2,1-2H3. The van der Waals surface area contributed by atoms with Crippen LogP contribution in [0.4, 0.5) is 5.69 Å². The van der Waals surface area contributed by atoms with E-state index >= 15 is 0 Å². The van der Waals surface area contributed by atoms with Gasteiger partial charge in [-0.1, -0.05) is 17.7 Å². The van der Waals surface area contributed by atoms with Gasteiger partial charge in [0.2, 0.25) is 0 Å². The zero-order valence-electron chi connectivity index (χ0n) is 13.7. The second kappa shape index (κ2) is 6.90. The van der Waals surface area contributed by atoms with Crippen LogP contribution >= 0.6 is 10.7 Å². The van der Waals surface area contributed by atoms with Gasteiger partial charge in [0, 0.05) is 27.7 Å². The molecule has 0 spiro atoms. The molecule has 2 atom stereocenters. The lowest BCUT2D eigenvalue weighted by Gasteiger charge is -2.23. The zero-order chi connectivity index (χ0) is 18.2. The summed E-state index contributed by atoms with van der Waals surface area (Å²) in [5, 5.41) is 5.83. The Morgan fingerprint density at radius 2 is 1.68 bits per heavy atom. The Hall–Kier alpha value is -1.70. The first-order valence-electron chi connectivity index (χ1n) is 7.61. The lowest BCUT2D eigenvalue weighted by Crippen LogP contribution is -2.30. The summed E-state index contributed by atoms with van der Waals surface area (Å²) in [5.74, 6) is 0. The van der Waals surface area contributed by atoms with Crippen LogP contribution < -0.4 is 5.01 Å². The van der Waals surface area contributed by atoms with Crippen LogP contribution in [0.1, 0.15) is 18.9 Å². The average molecular weight is 397 g/mol. The van der Waals surface area contributed by atoms with Gasteiger partial charge in [0.05, 0.1) is 21.4 Å². The van der Waals surface area contributed by atoms with Crippen molar-refractivity contribution in [3.63, 3.8) is 0 Å². The second-order valence-electron chi connectivity index (χ2n) is 5.88. The van der Waals surface area contributed by atoms with Crippen molar-refractivity contribution in [1.29, 1.82) is 0 Å². The molecule has 0 N–H and O–H groups in total. The maximum Gasteiger partial charge on any atom is 0.261 e. The average Bonchev–Trinajstić information content (AvgIpc) is 2.96. The van der Waals surface area contributed by atoms with Crippen molar-refractivity contribution in [1.82, 2.24) is 0 Å². The maximum atomic E-state index is 13.0. The highest BCUT2D eigenvalue weighted by Gasteiger charge is 2.32. The molecule has 0 radical (unpaired) electrons. The first-order chi connectivity index (χ1) is 11.8. The van der Waals surface area contributed by atoms with Gasteiger partial charge in [-0.05, 0) is 50.2 Å². The van der Waals surface area contributed by atoms with Crippen molar-refractivity contribution in [2.75, 3.05) is 5.01 Å². The molecule has 0 bridgehead atoms. The Balaban J connectivity index is 1.91. The summed E-state index contributed by atoms with van der Waals surface area (Å²) in [6, 6.07) is 13.7. The normalized spacial score (nSPS) is 18.9. The van der Waals surface area contributed by atoms with Gasteiger partial charge in [-0.3, -0.25) is 4.21 Å². The summed E-state index contributed by atoms with van der Waals surface area (Å²) in [4.78, 5) is 0.763. The van der Waals surface area contributed by atoms with Crippen LogP contribution in [0.3, 0.4) is 0 Å². The highest BCUT2D eigenvalue weighted by molar-refractivity contribution is 8.13. The van der Waals surface area contributed by atoms with Crippen LogP contribution in [-0.4, -0.2) is 23.7 Å². The Bertz CT molecular complexity index is 939. The molecule has 1 aliphatic heterocycles. The predicted molar refractivity (Wildman–Crippen MR) is 101 cm³/mol. The molecular formula is C17H17ClN2O3S2. The summed E-state index contributed by atoms with van der Waals surface area (Å²) in [7, 11) is 0.301. The van der Waals surface area contributed by atoms with Gasteiger partial charge in [-0.2, -0.15) is 5.10 Å². The van der Waals surface area contributed by atoms with Crippen molar-refractivity contribution in [2.45, 2.75) is 35.4 Å². The summed E-state index contributed by atoms with van der Waals surface area (Å²) in [6.07, 6.45) is 0.579. The van der Waals surface area contributed by atoms with Crippen LogP contribution in [0, 0.1) is 6.92 Å². The third-order valence-corrected chi connectivity index (χ3v) is 6.87. The Morgan fingerprint density at radius 1 is 1.08 bits per heavy atom. The molecule has 0 saturated heterocycles. The number of anilines is 1. The molecule has 2 aromatic carbocycles. The molecule has 0 saturated carbocycles. The van der Waals surface area contributed by atoms with Crippen molar-refractivity contribution >= 4 is 41.9 Å². The number of halogens is 1. The van der Waals surface area contributed by atoms with E-state index in [-0.39, 0.29) is 10.3 Å². The maximum absolute atomic E-state index is 13.0. The van der Waals surface area contributed by atoms with E-state index in [0.717, 1.165) is 16.2 Å². The molecule has 2 aromatic rings. The van der Waals surface area contributed by atoms with Crippen molar-refractivity contribution in [3.8, 4) is 0 Å². The number of rotatable bonds is 4. The largest absolute Gasteiger partial charge is 0.261 e. The van der Waals surface area contributed by atoms with E-state index in [1.807, 2.05) is 38.1 Å². The van der Waals surface area contributed by atoms with E-state index in [0.29, 0.717) is 12.1 Å². The van der Waals surface area contributed by atoms with E-state index in [1.165, 1.54) is 12.1 Å². The molecule has 5 nitrogen and oxygen atoms in total. The molecule has 132 valence electrons. The van der Waals surface area contributed by atoms with Gasteiger partial charge in [-0.25, -0.2) is 13.4 Å². The quantitative estimate of drug-likeness (QED) is 0.740. The van der Waals surface area contributed by atoms with Gasteiger partial charge >= 0.3 is 0 Å². The van der Waals surface area contributed by atoms with Crippen molar-refractivity contribution in [3.05, 3.63) is 54.1 Å². The molecule has 0 aliphatic carbocycles. The van der Waals surface area contributed by atoms with Gasteiger partial charge in [-0.15, -0.1) is 0 Å². The van der Waals surface area contributed by atoms with E-state index in [1.54, 1.807) is 17.1 Å². The number of hydrogen-bond donors (Lipinski definition) is 0.